The van der Waals surface area contributed by atoms with Crippen LogP contribution in [0.25, 0.3) is 11.0 Å². The van der Waals surface area contributed by atoms with Crippen LogP contribution in [0.1, 0.15) is 24.5 Å². The van der Waals surface area contributed by atoms with Crippen molar-refractivity contribution in [2.24, 2.45) is 0 Å². The highest BCUT2D eigenvalue weighted by atomic mass is 19.1. The van der Waals surface area contributed by atoms with Crippen molar-refractivity contribution < 1.29 is 8.91 Å². The van der Waals surface area contributed by atoms with Gasteiger partial charge in [0.15, 0.2) is 5.58 Å². The summed E-state index contributed by atoms with van der Waals surface area (Å²) >= 11 is 0. The third kappa shape index (κ3) is 4.00. The fourth-order valence-corrected chi connectivity index (χ4v) is 4.62. The van der Waals surface area contributed by atoms with Crippen LogP contribution in [-0.2, 0) is 0 Å². The maximum Gasteiger partial charge on any atom is 0.170 e. The number of nitrogens with zero attached hydrogens (tertiary/aromatic N) is 4. The predicted molar refractivity (Wildman–Crippen MR) is 113 cm³/mol. The summed E-state index contributed by atoms with van der Waals surface area (Å²) in [6.45, 7) is 7.63. The molecular weight excluding hydrogens is 367 g/mol. The molecule has 2 aromatic carbocycles. The molecule has 2 saturated heterocycles. The van der Waals surface area contributed by atoms with Gasteiger partial charge in [-0.15, -0.1) is 0 Å². The summed E-state index contributed by atoms with van der Waals surface area (Å²) in [7, 11) is 0. The first-order valence-corrected chi connectivity index (χ1v) is 10.6. The molecule has 6 heteroatoms. The van der Waals surface area contributed by atoms with Crippen LogP contribution in [-0.4, -0.2) is 60.9 Å². The van der Waals surface area contributed by atoms with E-state index in [1.165, 1.54) is 17.8 Å². The van der Waals surface area contributed by atoms with Crippen molar-refractivity contribution in [1.82, 2.24) is 15.0 Å². The molecule has 0 unspecified atom stereocenters. The minimum Gasteiger partial charge on any atom is -0.357 e. The normalized spacial score (nSPS) is 19.4. The van der Waals surface area contributed by atoms with Crippen molar-refractivity contribution in [3.63, 3.8) is 0 Å². The standard InChI is InChI=1S/C23H27FN4O/c24-19-6-7-21-22(16-19)29-25-23(21)18-8-10-26(11-9-18)12-13-27-14-15-28(17-27)20-4-2-1-3-5-20/h1-7,16,18H,8-15,17H2. The van der Waals surface area contributed by atoms with Crippen LogP contribution in [0.4, 0.5) is 10.1 Å². The van der Waals surface area contributed by atoms with Crippen molar-refractivity contribution in [2.45, 2.75) is 18.8 Å². The van der Waals surface area contributed by atoms with Gasteiger partial charge in [0, 0.05) is 49.2 Å². The Bertz CT molecular complexity index is 952. The second-order valence-electron chi connectivity index (χ2n) is 8.18. The highest BCUT2D eigenvalue weighted by molar-refractivity contribution is 5.79. The van der Waals surface area contributed by atoms with Gasteiger partial charge in [0.05, 0.1) is 12.4 Å². The molecule has 3 heterocycles. The van der Waals surface area contributed by atoms with Crippen molar-refractivity contribution in [1.29, 1.82) is 0 Å². The van der Waals surface area contributed by atoms with E-state index in [1.807, 2.05) is 0 Å². The van der Waals surface area contributed by atoms with Gasteiger partial charge in [0.25, 0.3) is 0 Å². The van der Waals surface area contributed by atoms with Crippen LogP contribution >= 0.6 is 0 Å². The highest BCUT2D eigenvalue weighted by Crippen LogP contribution is 2.32. The molecular formula is C23H27FN4O. The molecule has 5 rings (SSSR count). The first-order chi connectivity index (χ1) is 14.3. The lowest BCUT2D eigenvalue weighted by atomic mass is 9.91. The summed E-state index contributed by atoms with van der Waals surface area (Å²) in [5, 5.41) is 5.22. The Morgan fingerprint density at radius 1 is 0.931 bits per heavy atom. The van der Waals surface area contributed by atoms with Crippen molar-refractivity contribution in [3.8, 4) is 0 Å². The third-order valence-electron chi connectivity index (χ3n) is 6.35. The largest absolute Gasteiger partial charge is 0.357 e. The first-order valence-electron chi connectivity index (χ1n) is 10.6. The minimum atomic E-state index is -0.275. The summed E-state index contributed by atoms with van der Waals surface area (Å²) in [5.74, 6) is 0.126. The van der Waals surface area contributed by atoms with Crippen LogP contribution in [0.2, 0.25) is 0 Å². The second-order valence-corrected chi connectivity index (χ2v) is 8.18. The van der Waals surface area contributed by atoms with Crippen LogP contribution in [0, 0.1) is 5.82 Å². The van der Waals surface area contributed by atoms with Gasteiger partial charge in [0.2, 0.25) is 0 Å². The summed E-state index contributed by atoms with van der Waals surface area (Å²) in [6, 6.07) is 15.4. The Hall–Kier alpha value is -2.44. The lowest BCUT2D eigenvalue weighted by molar-refractivity contribution is 0.183. The number of anilines is 1. The van der Waals surface area contributed by atoms with Crippen molar-refractivity contribution in [2.75, 3.05) is 50.8 Å². The molecule has 0 amide bonds. The zero-order valence-electron chi connectivity index (χ0n) is 16.6. The number of hydrogen-bond donors (Lipinski definition) is 0. The van der Waals surface area contributed by atoms with Gasteiger partial charge >= 0.3 is 0 Å². The Morgan fingerprint density at radius 2 is 1.72 bits per heavy atom. The fraction of sp³-hybridized carbons (Fsp3) is 0.435. The monoisotopic (exact) mass is 394 g/mol. The Labute approximate surface area is 170 Å². The first kappa shape index (κ1) is 18.6. The van der Waals surface area contributed by atoms with Gasteiger partial charge < -0.3 is 14.3 Å². The van der Waals surface area contributed by atoms with E-state index in [4.69, 9.17) is 4.52 Å². The average Bonchev–Trinajstić information content (AvgIpc) is 3.40. The molecule has 0 spiro atoms. The maximum absolute atomic E-state index is 13.4. The molecule has 2 fully saturated rings. The maximum atomic E-state index is 13.4. The number of halogens is 1. The molecule has 152 valence electrons. The number of hydrogen-bond acceptors (Lipinski definition) is 5. The Kier molecular flexibility index (Phi) is 5.21. The van der Waals surface area contributed by atoms with E-state index in [1.54, 1.807) is 6.07 Å². The molecule has 0 saturated carbocycles. The molecule has 5 nitrogen and oxygen atoms in total. The van der Waals surface area contributed by atoms with E-state index in [0.717, 1.165) is 69.9 Å². The van der Waals surface area contributed by atoms with E-state index in [2.05, 4.69) is 50.2 Å². The number of piperidine rings is 1. The number of fused-ring (bicyclic) bond motifs is 1. The minimum absolute atomic E-state index is 0.275. The van der Waals surface area contributed by atoms with E-state index >= 15 is 0 Å². The van der Waals surface area contributed by atoms with Crippen LogP contribution in [0.15, 0.2) is 53.1 Å². The van der Waals surface area contributed by atoms with Crippen LogP contribution < -0.4 is 4.90 Å². The second kappa shape index (κ2) is 8.13. The lowest BCUT2D eigenvalue weighted by Gasteiger charge is -2.32. The van der Waals surface area contributed by atoms with E-state index < -0.39 is 0 Å². The number of benzene rings is 2. The third-order valence-corrected chi connectivity index (χ3v) is 6.35. The zero-order valence-corrected chi connectivity index (χ0v) is 16.6. The number of rotatable bonds is 5. The molecule has 3 aromatic rings. The molecule has 0 N–H and O–H groups in total. The van der Waals surface area contributed by atoms with Gasteiger partial charge in [-0.2, -0.15) is 0 Å². The lowest BCUT2D eigenvalue weighted by Crippen LogP contribution is -2.39. The molecule has 2 aliphatic rings. The van der Waals surface area contributed by atoms with Gasteiger partial charge in [-0.3, -0.25) is 4.90 Å². The Balaban J connectivity index is 1.11. The SMILES string of the molecule is Fc1ccc2c(C3CCN(CCN4CCN(c5ccccc5)C4)CC3)noc2c1. The van der Waals surface area contributed by atoms with Crippen LogP contribution in [0.5, 0.6) is 0 Å². The summed E-state index contributed by atoms with van der Waals surface area (Å²) in [6.07, 6.45) is 2.16. The van der Waals surface area contributed by atoms with Gasteiger partial charge in [-0.05, 0) is 50.2 Å². The zero-order chi connectivity index (χ0) is 19.6. The highest BCUT2D eigenvalue weighted by Gasteiger charge is 2.26. The average molecular weight is 394 g/mol. The molecule has 2 aliphatic heterocycles. The van der Waals surface area contributed by atoms with Gasteiger partial charge in [-0.1, -0.05) is 23.4 Å². The summed E-state index contributed by atoms with van der Waals surface area (Å²) in [4.78, 5) is 7.55. The van der Waals surface area contributed by atoms with Crippen molar-refractivity contribution >= 4 is 16.7 Å². The number of aromatic nitrogens is 1. The molecule has 0 bridgehead atoms. The van der Waals surface area contributed by atoms with Crippen LogP contribution in [0.3, 0.4) is 0 Å². The summed E-state index contributed by atoms with van der Waals surface area (Å²) < 4.78 is 18.7. The molecule has 0 aliphatic carbocycles. The van der Waals surface area contributed by atoms with E-state index in [9.17, 15) is 4.39 Å². The summed E-state index contributed by atoms with van der Waals surface area (Å²) in [5.41, 5.74) is 2.87. The predicted octanol–water partition coefficient (Wildman–Crippen LogP) is 3.93. The fourth-order valence-electron chi connectivity index (χ4n) is 4.62. The Morgan fingerprint density at radius 3 is 2.55 bits per heavy atom. The van der Waals surface area contributed by atoms with E-state index in [-0.39, 0.29) is 5.82 Å². The number of para-hydroxylation sites is 1. The van der Waals surface area contributed by atoms with Gasteiger partial charge in [-0.25, -0.2) is 4.39 Å². The van der Waals surface area contributed by atoms with Crippen molar-refractivity contribution in [3.05, 3.63) is 60.0 Å². The topological polar surface area (TPSA) is 35.8 Å². The molecule has 1 aromatic heterocycles. The smallest absolute Gasteiger partial charge is 0.170 e. The quantitative estimate of drug-likeness (QED) is 0.655. The molecule has 0 radical (unpaired) electrons. The molecule has 29 heavy (non-hydrogen) atoms. The van der Waals surface area contributed by atoms with Gasteiger partial charge in [0.1, 0.15) is 5.82 Å². The number of likely N-dealkylation sites (tertiary alicyclic amines) is 1. The van der Waals surface area contributed by atoms with E-state index in [0.29, 0.717) is 11.5 Å². The molecule has 0 atom stereocenters.